The zero-order valence-corrected chi connectivity index (χ0v) is 10.7. The molecule has 0 aliphatic carbocycles. The fraction of sp³-hybridized carbons (Fsp3) is 0.0714. The van der Waals surface area contributed by atoms with Crippen molar-refractivity contribution in [3.05, 3.63) is 60.2 Å². The van der Waals surface area contributed by atoms with Crippen LogP contribution in [-0.2, 0) is 6.18 Å². The van der Waals surface area contributed by atoms with Crippen molar-refractivity contribution in [2.45, 2.75) is 6.18 Å². The van der Waals surface area contributed by atoms with Gasteiger partial charge in [0.05, 0.1) is 11.3 Å². The second-order valence-electron chi connectivity index (χ2n) is 4.11. The molecule has 0 bridgehead atoms. The van der Waals surface area contributed by atoms with Crippen molar-refractivity contribution in [2.75, 3.05) is 10.7 Å². The molecule has 2 aromatic carbocycles. The molecule has 0 heterocycles. The van der Waals surface area contributed by atoms with Crippen LogP contribution in [0.5, 0.6) is 0 Å². The highest BCUT2D eigenvalue weighted by Crippen LogP contribution is 2.34. The fourth-order valence-electron chi connectivity index (χ4n) is 1.65. The molecule has 0 unspecified atom stereocenters. The Morgan fingerprint density at radius 1 is 0.905 bits per heavy atom. The highest BCUT2D eigenvalue weighted by Gasteiger charge is 2.33. The van der Waals surface area contributed by atoms with Crippen molar-refractivity contribution in [2.24, 2.45) is 0 Å². The third-order valence-corrected chi connectivity index (χ3v) is 2.57. The number of nitrogens with one attached hydrogen (secondary N) is 3. The number of hydrogen-bond acceptors (Lipinski definition) is 2. The third-order valence-electron chi connectivity index (χ3n) is 2.57. The summed E-state index contributed by atoms with van der Waals surface area (Å²) in [4.78, 5) is 11.6. The van der Waals surface area contributed by atoms with Gasteiger partial charge in [0.1, 0.15) is 0 Å². The van der Waals surface area contributed by atoms with Crippen LogP contribution in [0.25, 0.3) is 0 Å². The molecule has 110 valence electrons. The van der Waals surface area contributed by atoms with Gasteiger partial charge in [-0.2, -0.15) is 13.2 Å². The summed E-state index contributed by atoms with van der Waals surface area (Å²) in [6.07, 6.45) is -4.50. The lowest BCUT2D eigenvalue weighted by Gasteiger charge is -2.15. The van der Waals surface area contributed by atoms with E-state index in [0.717, 1.165) is 6.07 Å². The Labute approximate surface area is 118 Å². The van der Waals surface area contributed by atoms with Crippen LogP contribution in [0.2, 0.25) is 0 Å². The number of hydrazine groups is 1. The molecule has 2 aromatic rings. The molecule has 0 aliphatic heterocycles. The van der Waals surface area contributed by atoms with E-state index in [2.05, 4.69) is 16.2 Å². The summed E-state index contributed by atoms with van der Waals surface area (Å²) in [5.74, 6) is 0. The Morgan fingerprint density at radius 2 is 1.52 bits per heavy atom. The molecular weight excluding hydrogens is 283 g/mol. The summed E-state index contributed by atoms with van der Waals surface area (Å²) in [7, 11) is 0. The van der Waals surface area contributed by atoms with E-state index < -0.39 is 17.8 Å². The summed E-state index contributed by atoms with van der Waals surface area (Å²) in [6.45, 7) is 0. The number of alkyl halides is 3. The molecule has 0 atom stereocenters. The number of urea groups is 1. The van der Waals surface area contributed by atoms with Gasteiger partial charge in [-0.1, -0.05) is 30.3 Å². The molecule has 0 spiro atoms. The minimum atomic E-state index is -4.50. The molecule has 0 aliphatic rings. The van der Waals surface area contributed by atoms with E-state index >= 15 is 0 Å². The number of para-hydroxylation sites is 2. The summed E-state index contributed by atoms with van der Waals surface area (Å²) >= 11 is 0. The van der Waals surface area contributed by atoms with Crippen LogP contribution in [0.15, 0.2) is 54.6 Å². The average Bonchev–Trinajstić information content (AvgIpc) is 2.45. The molecule has 2 rings (SSSR count). The molecule has 7 heteroatoms. The largest absolute Gasteiger partial charge is 0.418 e. The summed E-state index contributed by atoms with van der Waals surface area (Å²) in [5.41, 5.74) is 3.86. The first-order valence-electron chi connectivity index (χ1n) is 6.01. The minimum absolute atomic E-state index is 0.229. The van der Waals surface area contributed by atoms with Crippen LogP contribution in [0.3, 0.4) is 0 Å². The van der Waals surface area contributed by atoms with Crippen molar-refractivity contribution in [1.82, 2.24) is 5.43 Å². The highest BCUT2D eigenvalue weighted by molar-refractivity contribution is 5.90. The molecule has 0 saturated heterocycles. The predicted molar refractivity (Wildman–Crippen MR) is 73.7 cm³/mol. The number of benzene rings is 2. The van der Waals surface area contributed by atoms with Gasteiger partial charge in [-0.15, -0.1) is 0 Å². The molecule has 0 saturated carbocycles. The first-order valence-corrected chi connectivity index (χ1v) is 6.01. The van der Waals surface area contributed by atoms with Crippen LogP contribution >= 0.6 is 0 Å². The van der Waals surface area contributed by atoms with Crippen molar-refractivity contribution < 1.29 is 18.0 Å². The molecular formula is C14H12F3N3O. The molecule has 0 aromatic heterocycles. The first kappa shape index (κ1) is 14.7. The Morgan fingerprint density at radius 3 is 2.19 bits per heavy atom. The van der Waals surface area contributed by atoms with Gasteiger partial charge in [0.2, 0.25) is 0 Å². The minimum Gasteiger partial charge on any atom is -0.307 e. The van der Waals surface area contributed by atoms with Gasteiger partial charge in [-0.05, 0) is 24.3 Å². The molecule has 4 nitrogen and oxygen atoms in total. The van der Waals surface area contributed by atoms with Gasteiger partial charge < -0.3 is 5.32 Å². The van der Waals surface area contributed by atoms with Crippen LogP contribution < -0.4 is 16.2 Å². The van der Waals surface area contributed by atoms with E-state index in [1.807, 2.05) is 0 Å². The quantitative estimate of drug-likeness (QED) is 0.753. The molecule has 2 amide bonds. The van der Waals surface area contributed by atoms with Gasteiger partial charge >= 0.3 is 12.2 Å². The number of amides is 2. The Balaban J connectivity index is 1.99. The Bertz CT molecular complexity index is 614. The van der Waals surface area contributed by atoms with E-state index in [4.69, 9.17) is 0 Å². The average molecular weight is 295 g/mol. The summed E-state index contributed by atoms with van der Waals surface area (Å²) in [6, 6.07) is 12.7. The number of carbonyl (C=O) groups excluding carboxylic acids is 1. The van der Waals surface area contributed by atoms with Crippen molar-refractivity contribution >= 4 is 17.4 Å². The number of halogens is 3. The van der Waals surface area contributed by atoms with E-state index in [0.29, 0.717) is 5.69 Å². The molecule has 21 heavy (non-hydrogen) atoms. The normalized spacial score (nSPS) is 10.8. The Kier molecular flexibility index (Phi) is 4.32. The second kappa shape index (κ2) is 6.17. The zero-order valence-electron chi connectivity index (χ0n) is 10.7. The van der Waals surface area contributed by atoms with Crippen molar-refractivity contribution in [3.8, 4) is 0 Å². The van der Waals surface area contributed by atoms with Gasteiger partial charge in [0.15, 0.2) is 0 Å². The molecule has 3 N–H and O–H groups in total. The van der Waals surface area contributed by atoms with E-state index in [1.54, 1.807) is 30.3 Å². The third kappa shape index (κ3) is 4.13. The van der Waals surface area contributed by atoms with Crippen molar-refractivity contribution in [3.63, 3.8) is 0 Å². The number of anilines is 2. The van der Waals surface area contributed by atoms with Crippen LogP contribution in [0.4, 0.5) is 29.3 Å². The van der Waals surface area contributed by atoms with E-state index in [9.17, 15) is 18.0 Å². The maximum absolute atomic E-state index is 12.8. The smallest absolute Gasteiger partial charge is 0.307 e. The first-order chi connectivity index (χ1) is 9.97. The predicted octanol–water partition coefficient (Wildman–Crippen LogP) is 3.85. The molecule has 0 fully saturated rings. The fourth-order valence-corrected chi connectivity index (χ4v) is 1.65. The number of hydrogen-bond donors (Lipinski definition) is 3. The van der Waals surface area contributed by atoms with Gasteiger partial charge in [0.25, 0.3) is 0 Å². The zero-order chi connectivity index (χ0) is 15.3. The van der Waals surface area contributed by atoms with E-state index in [-0.39, 0.29) is 5.69 Å². The van der Waals surface area contributed by atoms with Crippen LogP contribution in [0.1, 0.15) is 5.56 Å². The SMILES string of the molecule is O=C(NNc1ccccc1C(F)(F)F)Nc1ccccc1. The number of carbonyl (C=O) groups is 1. The lowest BCUT2D eigenvalue weighted by atomic mass is 10.2. The lowest BCUT2D eigenvalue weighted by Crippen LogP contribution is -2.34. The molecule has 0 radical (unpaired) electrons. The highest BCUT2D eigenvalue weighted by atomic mass is 19.4. The second-order valence-corrected chi connectivity index (χ2v) is 4.11. The maximum atomic E-state index is 12.8. The van der Waals surface area contributed by atoms with E-state index in [1.165, 1.54) is 18.2 Å². The topological polar surface area (TPSA) is 53.2 Å². The Hall–Kier alpha value is -2.70. The van der Waals surface area contributed by atoms with Crippen LogP contribution in [-0.4, -0.2) is 6.03 Å². The monoisotopic (exact) mass is 295 g/mol. The number of rotatable bonds is 3. The summed E-state index contributed by atoms with van der Waals surface area (Å²) < 4.78 is 38.3. The maximum Gasteiger partial charge on any atom is 0.418 e. The van der Waals surface area contributed by atoms with Crippen LogP contribution in [0, 0.1) is 0 Å². The van der Waals surface area contributed by atoms with Gasteiger partial charge in [0, 0.05) is 5.69 Å². The van der Waals surface area contributed by atoms with Gasteiger partial charge in [-0.25, -0.2) is 4.79 Å². The standard InChI is InChI=1S/C14H12F3N3O/c15-14(16,17)11-8-4-5-9-12(11)19-20-13(21)18-10-6-2-1-3-7-10/h1-9,19H,(H2,18,20,21). The lowest BCUT2D eigenvalue weighted by molar-refractivity contribution is -0.137. The van der Waals surface area contributed by atoms with Gasteiger partial charge in [-0.3, -0.25) is 10.9 Å². The summed E-state index contributed by atoms with van der Waals surface area (Å²) in [5, 5.41) is 2.48. The van der Waals surface area contributed by atoms with Crippen molar-refractivity contribution in [1.29, 1.82) is 0 Å².